The molecule has 0 saturated heterocycles. The first-order valence-corrected chi connectivity index (χ1v) is 13.7. The molecule has 38 heavy (non-hydrogen) atoms. The maximum atomic E-state index is 14.0. The number of aryl methyl sites for hydroxylation is 1. The van der Waals surface area contributed by atoms with E-state index < -0.39 is 0 Å². The minimum absolute atomic E-state index is 0.0567. The van der Waals surface area contributed by atoms with Gasteiger partial charge in [0, 0.05) is 40.3 Å². The molecule has 2 aromatic heterocycles. The third-order valence-electron chi connectivity index (χ3n) is 7.58. The summed E-state index contributed by atoms with van der Waals surface area (Å²) >= 11 is 3.50. The van der Waals surface area contributed by atoms with Crippen LogP contribution in [-0.2, 0) is 19.4 Å². The minimum atomic E-state index is -0.177. The normalized spacial score (nSPS) is 15.0. The van der Waals surface area contributed by atoms with Crippen molar-refractivity contribution in [2.45, 2.75) is 39.2 Å². The first kappa shape index (κ1) is 24.6. The van der Waals surface area contributed by atoms with Gasteiger partial charge in [0.1, 0.15) is 5.65 Å². The predicted molar refractivity (Wildman–Crippen MR) is 148 cm³/mol. The Bertz CT molecular complexity index is 1650. The topological polar surface area (TPSA) is 88.7 Å². The van der Waals surface area contributed by atoms with Gasteiger partial charge in [0.2, 0.25) is 0 Å². The van der Waals surface area contributed by atoms with Crippen molar-refractivity contribution in [2.24, 2.45) is 5.92 Å². The van der Waals surface area contributed by atoms with Crippen molar-refractivity contribution in [3.05, 3.63) is 97.0 Å². The molecular weight excluding hydrogens is 546 g/mol. The Morgan fingerprint density at radius 1 is 1.11 bits per heavy atom. The monoisotopic (exact) mass is 573 g/mol. The molecule has 2 amide bonds. The van der Waals surface area contributed by atoms with Crippen LogP contribution >= 0.6 is 15.9 Å². The van der Waals surface area contributed by atoms with Gasteiger partial charge in [-0.3, -0.25) is 19.0 Å². The minimum Gasteiger partial charge on any atom is -0.355 e. The SMILES string of the molecule is CNC(=O)c1ccc(-n2c(=O)c3c(n4ncc(CC5CC5)c24)CN(C(=O)c2ccc(Br)c(C)c2)CC3)cc1. The zero-order chi connectivity index (χ0) is 26.6. The Morgan fingerprint density at radius 2 is 1.84 bits per heavy atom. The molecule has 1 saturated carbocycles. The molecule has 1 aliphatic heterocycles. The van der Waals surface area contributed by atoms with Crippen molar-refractivity contribution in [2.75, 3.05) is 13.6 Å². The van der Waals surface area contributed by atoms with Crippen molar-refractivity contribution in [1.82, 2.24) is 24.4 Å². The van der Waals surface area contributed by atoms with Crippen LogP contribution in [0, 0.1) is 12.8 Å². The Labute approximate surface area is 228 Å². The Kier molecular flexibility index (Phi) is 6.18. The van der Waals surface area contributed by atoms with Crippen LogP contribution in [0.5, 0.6) is 0 Å². The first-order chi connectivity index (χ1) is 18.4. The number of fused-ring (bicyclic) bond motifs is 3. The van der Waals surface area contributed by atoms with Crippen LogP contribution in [0.15, 0.2) is 57.9 Å². The number of nitrogens with zero attached hydrogens (tertiary/aromatic N) is 4. The van der Waals surface area contributed by atoms with Crippen LogP contribution in [0.3, 0.4) is 0 Å². The van der Waals surface area contributed by atoms with Gasteiger partial charge in [-0.25, -0.2) is 4.52 Å². The summed E-state index contributed by atoms with van der Waals surface area (Å²) < 4.78 is 4.54. The van der Waals surface area contributed by atoms with E-state index in [9.17, 15) is 14.4 Å². The number of amides is 2. The largest absolute Gasteiger partial charge is 0.355 e. The number of benzene rings is 2. The summed E-state index contributed by atoms with van der Waals surface area (Å²) in [5.74, 6) is 0.375. The Hall–Kier alpha value is -3.72. The fraction of sp³-hybridized carbons (Fsp3) is 0.310. The lowest BCUT2D eigenvalue weighted by atomic mass is 10.0. The van der Waals surface area contributed by atoms with Gasteiger partial charge in [0.15, 0.2) is 0 Å². The second-order valence-electron chi connectivity index (χ2n) is 10.2. The van der Waals surface area contributed by atoms with Crippen LogP contribution in [0.25, 0.3) is 11.3 Å². The van der Waals surface area contributed by atoms with Crippen molar-refractivity contribution < 1.29 is 9.59 Å². The molecule has 8 nitrogen and oxygen atoms in total. The average Bonchev–Trinajstić information content (AvgIpc) is 3.67. The van der Waals surface area contributed by atoms with Crippen LogP contribution < -0.4 is 10.9 Å². The van der Waals surface area contributed by atoms with E-state index in [2.05, 4.69) is 21.2 Å². The molecule has 0 bridgehead atoms. The van der Waals surface area contributed by atoms with Gasteiger partial charge in [0.05, 0.1) is 24.1 Å². The van der Waals surface area contributed by atoms with Crippen molar-refractivity contribution in [3.63, 3.8) is 0 Å². The molecule has 3 heterocycles. The summed E-state index contributed by atoms with van der Waals surface area (Å²) in [4.78, 5) is 41.3. The van der Waals surface area contributed by atoms with Crippen molar-refractivity contribution in [3.8, 4) is 5.69 Å². The quantitative estimate of drug-likeness (QED) is 0.390. The van der Waals surface area contributed by atoms with Gasteiger partial charge in [-0.15, -0.1) is 0 Å². The van der Waals surface area contributed by atoms with E-state index in [1.807, 2.05) is 35.8 Å². The molecule has 4 aromatic rings. The van der Waals surface area contributed by atoms with Crippen LogP contribution in [0.2, 0.25) is 0 Å². The fourth-order valence-corrected chi connectivity index (χ4v) is 5.52. The zero-order valence-corrected chi connectivity index (χ0v) is 22.9. The predicted octanol–water partition coefficient (Wildman–Crippen LogP) is 4.07. The van der Waals surface area contributed by atoms with E-state index in [0.717, 1.165) is 33.4 Å². The van der Waals surface area contributed by atoms with E-state index in [4.69, 9.17) is 5.10 Å². The number of aromatic nitrogens is 3. The summed E-state index contributed by atoms with van der Waals surface area (Å²) in [6.07, 6.45) is 5.53. The average molecular weight is 574 g/mol. The number of carbonyl (C=O) groups excluding carboxylic acids is 2. The van der Waals surface area contributed by atoms with E-state index in [0.29, 0.717) is 47.8 Å². The highest BCUT2D eigenvalue weighted by molar-refractivity contribution is 9.10. The smallest absolute Gasteiger partial charge is 0.261 e. The highest BCUT2D eigenvalue weighted by Crippen LogP contribution is 2.34. The molecule has 1 aliphatic carbocycles. The molecule has 0 spiro atoms. The Balaban J connectivity index is 1.45. The number of nitrogens with one attached hydrogen (secondary N) is 1. The Morgan fingerprint density at radius 3 is 2.53 bits per heavy atom. The molecule has 0 unspecified atom stereocenters. The van der Waals surface area contributed by atoms with Crippen LogP contribution in [0.1, 0.15) is 55.9 Å². The van der Waals surface area contributed by atoms with Crippen molar-refractivity contribution in [1.29, 1.82) is 0 Å². The number of carbonyl (C=O) groups is 2. The van der Waals surface area contributed by atoms with E-state index in [1.165, 1.54) is 12.8 Å². The summed E-state index contributed by atoms with van der Waals surface area (Å²) in [7, 11) is 1.59. The number of rotatable bonds is 5. The molecule has 2 aromatic carbocycles. The molecule has 2 aliphatic rings. The van der Waals surface area contributed by atoms with Gasteiger partial charge < -0.3 is 10.2 Å². The van der Waals surface area contributed by atoms with Gasteiger partial charge >= 0.3 is 0 Å². The third kappa shape index (κ3) is 4.24. The van der Waals surface area contributed by atoms with E-state index >= 15 is 0 Å². The second-order valence-corrected chi connectivity index (χ2v) is 11.0. The molecule has 0 atom stereocenters. The number of hydrogen-bond donors (Lipinski definition) is 1. The highest BCUT2D eigenvalue weighted by atomic mass is 79.9. The van der Waals surface area contributed by atoms with E-state index in [1.54, 1.807) is 40.8 Å². The molecule has 1 N–H and O–H groups in total. The highest BCUT2D eigenvalue weighted by Gasteiger charge is 2.31. The molecule has 9 heteroatoms. The van der Waals surface area contributed by atoms with Gasteiger partial charge in [-0.05, 0) is 86.6 Å². The second kappa shape index (κ2) is 9.54. The zero-order valence-electron chi connectivity index (χ0n) is 21.3. The third-order valence-corrected chi connectivity index (χ3v) is 8.47. The molecule has 6 rings (SSSR count). The van der Waals surface area contributed by atoms with Crippen LogP contribution in [-0.4, -0.2) is 44.5 Å². The summed E-state index contributed by atoms with van der Waals surface area (Å²) in [6.45, 7) is 2.73. The lowest BCUT2D eigenvalue weighted by Gasteiger charge is -2.30. The molecular formula is C29H28BrN5O3. The summed E-state index contributed by atoms with van der Waals surface area (Å²) in [5, 5.41) is 7.37. The maximum absolute atomic E-state index is 14.0. The maximum Gasteiger partial charge on any atom is 0.261 e. The lowest BCUT2D eigenvalue weighted by Crippen LogP contribution is -2.41. The number of halogens is 1. The first-order valence-electron chi connectivity index (χ1n) is 12.9. The van der Waals surface area contributed by atoms with E-state index in [-0.39, 0.29) is 17.4 Å². The summed E-state index contributed by atoms with van der Waals surface area (Å²) in [6, 6.07) is 12.7. The molecule has 194 valence electrons. The number of hydrogen-bond acceptors (Lipinski definition) is 4. The van der Waals surface area contributed by atoms with Crippen LogP contribution in [0.4, 0.5) is 0 Å². The summed E-state index contributed by atoms with van der Waals surface area (Å²) in [5.41, 5.74) is 5.95. The molecule has 0 radical (unpaired) electrons. The van der Waals surface area contributed by atoms with Gasteiger partial charge in [-0.1, -0.05) is 15.9 Å². The lowest BCUT2D eigenvalue weighted by molar-refractivity contribution is 0.0729. The molecule has 1 fully saturated rings. The van der Waals surface area contributed by atoms with Crippen molar-refractivity contribution >= 4 is 33.4 Å². The van der Waals surface area contributed by atoms with Gasteiger partial charge in [0.25, 0.3) is 17.4 Å². The van der Waals surface area contributed by atoms with Gasteiger partial charge in [-0.2, -0.15) is 5.10 Å². The standard InChI is InChI=1S/C29H28BrN5O3/c1-17-13-20(7-10-24(17)30)28(37)33-12-11-23-25(16-33)35-27(21(15-32-35)14-18-3-4-18)34(29(23)38)22-8-5-19(6-9-22)26(36)31-2/h5-10,13,15,18H,3-4,11-12,14,16H2,1-2H3,(H,31,36). The fourth-order valence-electron chi connectivity index (χ4n) is 5.27.